The summed E-state index contributed by atoms with van der Waals surface area (Å²) in [6, 6.07) is 14.7. The number of aromatic nitrogens is 3. The van der Waals surface area contributed by atoms with Gasteiger partial charge in [0.1, 0.15) is 23.3 Å². The van der Waals surface area contributed by atoms with Crippen LogP contribution in [0.15, 0.2) is 67.0 Å². The number of imidazole rings is 1. The number of amides is 3. The van der Waals surface area contributed by atoms with Crippen molar-refractivity contribution in [1.29, 1.82) is 0 Å². The number of aliphatic carboxylic acids is 1. The molecule has 0 aliphatic carbocycles. The number of carboxylic acids is 1. The van der Waals surface area contributed by atoms with E-state index in [1.54, 1.807) is 51.2 Å². The third-order valence-corrected chi connectivity index (χ3v) is 8.19. The first-order chi connectivity index (χ1) is 20.9. The van der Waals surface area contributed by atoms with Crippen LogP contribution in [0.3, 0.4) is 0 Å². The molecule has 2 aromatic heterocycles. The molecule has 1 aliphatic heterocycles. The Morgan fingerprint density at radius 2 is 1.75 bits per heavy atom. The van der Waals surface area contributed by atoms with Gasteiger partial charge in [0.25, 0.3) is 0 Å². The SMILES string of the molecule is CC(C)(N)C(=O)N[C@H](Cc1c[nH]c2ccccc12)C(=O)Nc1c[nH]c(C(C)(C(=O)N2CCCC2C(=O)O)c2ccccc2)n1. The van der Waals surface area contributed by atoms with E-state index in [-0.39, 0.29) is 18.1 Å². The number of anilines is 1. The van der Waals surface area contributed by atoms with Crippen LogP contribution >= 0.6 is 0 Å². The average Bonchev–Trinajstić information content (AvgIpc) is 3.76. The number of nitrogens with two attached hydrogens (primary N) is 1. The number of carboxylic acid groups (broad SMARTS) is 1. The molecule has 0 radical (unpaired) electrons. The van der Waals surface area contributed by atoms with Gasteiger partial charge in [-0.15, -0.1) is 0 Å². The Morgan fingerprint density at radius 1 is 1.05 bits per heavy atom. The van der Waals surface area contributed by atoms with Crippen LogP contribution in [0.25, 0.3) is 10.9 Å². The third-order valence-electron chi connectivity index (χ3n) is 8.19. The van der Waals surface area contributed by atoms with Gasteiger partial charge in [0.2, 0.25) is 17.7 Å². The number of rotatable bonds is 10. The van der Waals surface area contributed by atoms with Gasteiger partial charge in [-0.3, -0.25) is 14.4 Å². The number of hydrogen-bond acceptors (Lipinski definition) is 6. The largest absolute Gasteiger partial charge is 0.480 e. The second kappa shape index (κ2) is 12.0. The molecule has 3 atom stereocenters. The summed E-state index contributed by atoms with van der Waals surface area (Å²) in [7, 11) is 0. The molecule has 2 unspecified atom stereocenters. The molecule has 3 heterocycles. The lowest BCUT2D eigenvalue weighted by atomic mass is 9.80. The first-order valence-electron chi connectivity index (χ1n) is 14.5. The number of benzene rings is 2. The number of nitrogens with one attached hydrogen (secondary N) is 4. The zero-order valence-corrected chi connectivity index (χ0v) is 24.9. The summed E-state index contributed by atoms with van der Waals surface area (Å²) in [6.07, 6.45) is 4.40. The topological polar surface area (TPSA) is 186 Å². The number of likely N-dealkylation sites (tertiary alicyclic amines) is 1. The number of aromatic amines is 2. The highest BCUT2D eigenvalue weighted by Gasteiger charge is 2.47. The number of fused-ring (bicyclic) bond motifs is 1. The van der Waals surface area contributed by atoms with Gasteiger partial charge in [0, 0.05) is 36.3 Å². The van der Waals surface area contributed by atoms with Crippen LogP contribution in [0.4, 0.5) is 5.82 Å². The number of H-pyrrole nitrogens is 2. The Hall–Kier alpha value is -4.97. The molecule has 2 aromatic carbocycles. The fourth-order valence-corrected chi connectivity index (χ4v) is 5.62. The predicted octanol–water partition coefficient (Wildman–Crippen LogP) is 2.68. The fraction of sp³-hybridized carbons (Fsp3) is 0.344. The molecule has 1 fully saturated rings. The van der Waals surface area contributed by atoms with E-state index in [1.807, 2.05) is 30.3 Å². The summed E-state index contributed by atoms with van der Waals surface area (Å²) in [5.74, 6) is -2.11. The van der Waals surface area contributed by atoms with Gasteiger partial charge in [-0.25, -0.2) is 9.78 Å². The van der Waals surface area contributed by atoms with E-state index in [9.17, 15) is 24.3 Å². The summed E-state index contributed by atoms with van der Waals surface area (Å²) < 4.78 is 0. The highest BCUT2D eigenvalue weighted by Crippen LogP contribution is 2.35. The minimum Gasteiger partial charge on any atom is -0.480 e. The molecule has 1 saturated heterocycles. The Labute approximate surface area is 254 Å². The minimum atomic E-state index is -1.37. The molecule has 4 aromatic rings. The molecule has 44 heavy (non-hydrogen) atoms. The van der Waals surface area contributed by atoms with Crippen molar-refractivity contribution in [2.24, 2.45) is 5.73 Å². The monoisotopic (exact) mass is 599 g/mol. The van der Waals surface area contributed by atoms with E-state index < -0.39 is 46.7 Å². The summed E-state index contributed by atoms with van der Waals surface area (Å²) in [5.41, 5.74) is 5.77. The van der Waals surface area contributed by atoms with Crippen molar-refractivity contribution in [2.45, 2.75) is 63.1 Å². The van der Waals surface area contributed by atoms with Crippen molar-refractivity contribution in [3.8, 4) is 0 Å². The minimum absolute atomic E-state index is 0.140. The number of hydrogen-bond donors (Lipinski definition) is 6. The van der Waals surface area contributed by atoms with Crippen LogP contribution in [-0.2, 0) is 31.0 Å². The molecule has 230 valence electrons. The van der Waals surface area contributed by atoms with E-state index in [4.69, 9.17) is 5.73 Å². The zero-order valence-electron chi connectivity index (χ0n) is 24.9. The molecule has 0 spiro atoms. The smallest absolute Gasteiger partial charge is 0.326 e. The lowest BCUT2D eigenvalue weighted by Crippen LogP contribution is -2.55. The highest BCUT2D eigenvalue weighted by atomic mass is 16.4. The normalized spacial score (nSPS) is 17.2. The molecule has 1 aliphatic rings. The van der Waals surface area contributed by atoms with E-state index in [2.05, 4.69) is 25.6 Å². The summed E-state index contributed by atoms with van der Waals surface area (Å²) in [6.45, 7) is 5.12. The van der Waals surface area contributed by atoms with Crippen LogP contribution < -0.4 is 16.4 Å². The van der Waals surface area contributed by atoms with Gasteiger partial charge in [-0.05, 0) is 50.8 Å². The zero-order chi connectivity index (χ0) is 31.6. The quantitative estimate of drug-likeness (QED) is 0.162. The summed E-state index contributed by atoms with van der Waals surface area (Å²) >= 11 is 0. The average molecular weight is 600 g/mol. The molecule has 7 N–H and O–H groups in total. The number of para-hydroxylation sites is 1. The molecule has 12 heteroatoms. The summed E-state index contributed by atoms with van der Waals surface area (Å²) in [5, 5.41) is 16.2. The van der Waals surface area contributed by atoms with Gasteiger partial charge in [0.15, 0.2) is 5.82 Å². The second-order valence-electron chi connectivity index (χ2n) is 11.9. The number of carbonyl (C=O) groups is 4. The molecule has 0 saturated carbocycles. The maximum absolute atomic E-state index is 14.1. The van der Waals surface area contributed by atoms with Crippen molar-refractivity contribution in [2.75, 3.05) is 11.9 Å². The standard InChI is InChI=1S/C32H37N7O5/c1-31(2,33)29(43)36-23(16-19-17-34-22-13-8-7-12-21(19)22)26(40)37-25-18-35-28(38-25)32(3,20-10-5-4-6-11-20)30(44)39-15-9-14-24(39)27(41)42/h4-8,10-13,17-18,23-24,34H,9,14-16,33H2,1-3H3,(H,35,38)(H,36,43)(H,37,40)(H,41,42)/t23-,24?,32?/m1/s1. The maximum Gasteiger partial charge on any atom is 0.326 e. The molecular formula is C32H37N7O5. The van der Waals surface area contributed by atoms with Crippen LogP contribution in [0.2, 0.25) is 0 Å². The Balaban J connectivity index is 1.44. The van der Waals surface area contributed by atoms with E-state index in [0.717, 1.165) is 16.5 Å². The predicted molar refractivity (Wildman–Crippen MR) is 165 cm³/mol. The van der Waals surface area contributed by atoms with E-state index in [0.29, 0.717) is 24.9 Å². The first kappa shape index (κ1) is 30.5. The summed E-state index contributed by atoms with van der Waals surface area (Å²) in [4.78, 5) is 64.7. The molecule has 5 rings (SSSR count). The Kier molecular flexibility index (Phi) is 8.29. The molecular weight excluding hydrogens is 562 g/mol. The van der Waals surface area contributed by atoms with Gasteiger partial charge >= 0.3 is 5.97 Å². The Bertz CT molecular complexity index is 1690. The van der Waals surface area contributed by atoms with Crippen molar-refractivity contribution >= 4 is 40.4 Å². The molecule has 12 nitrogen and oxygen atoms in total. The van der Waals surface area contributed by atoms with Crippen LogP contribution in [0.1, 0.15) is 50.6 Å². The van der Waals surface area contributed by atoms with Crippen LogP contribution in [0, 0.1) is 0 Å². The highest BCUT2D eigenvalue weighted by molar-refractivity contribution is 5.99. The maximum atomic E-state index is 14.1. The van der Waals surface area contributed by atoms with Gasteiger partial charge in [-0.1, -0.05) is 48.5 Å². The van der Waals surface area contributed by atoms with Crippen LogP contribution in [-0.4, -0.2) is 72.8 Å². The van der Waals surface area contributed by atoms with Crippen molar-refractivity contribution in [3.63, 3.8) is 0 Å². The van der Waals surface area contributed by atoms with Crippen molar-refractivity contribution in [1.82, 2.24) is 25.2 Å². The molecule has 0 bridgehead atoms. The number of nitrogens with zero attached hydrogens (tertiary/aromatic N) is 2. The van der Waals surface area contributed by atoms with Gasteiger partial charge in [0.05, 0.1) is 5.54 Å². The van der Waals surface area contributed by atoms with Crippen molar-refractivity contribution in [3.05, 3.63) is 83.9 Å². The van der Waals surface area contributed by atoms with E-state index >= 15 is 0 Å². The lowest BCUT2D eigenvalue weighted by Gasteiger charge is -2.33. The van der Waals surface area contributed by atoms with Gasteiger partial charge < -0.3 is 36.3 Å². The second-order valence-corrected chi connectivity index (χ2v) is 11.9. The first-order valence-corrected chi connectivity index (χ1v) is 14.5. The fourth-order valence-electron chi connectivity index (χ4n) is 5.62. The molecule has 3 amide bonds. The van der Waals surface area contributed by atoms with Crippen molar-refractivity contribution < 1.29 is 24.3 Å². The third kappa shape index (κ3) is 5.93. The number of carbonyl (C=O) groups excluding carboxylic acids is 3. The van der Waals surface area contributed by atoms with Crippen LogP contribution in [0.5, 0.6) is 0 Å². The lowest BCUT2D eigenvalue weighted by molar-refractivity contribution is -0.150. The van der Waals surface area contributed by atoms with Gasteiger partial charge in [-0.2, -0.15) is 0 Å². The van der Waals surface area contributed by atoms with E-state index in [1.165, 1.54) is 11.1 Å². The Morgan fingerprint density at radius 3 is 2.45 bits per heavy atom.